The molecule has 0 fully saturated rings. The first-order valence-electron chi connectivity index (χ1n) is 13.6. The van der Waals surface area contributed by atoms with Crippen LogP contribution in [0.25, 0.3) is 56.4 Å². The van der Waals surface area contributed by atoms with Gasteiger partial charge in [0.2, 0.25) is 0 Å². The van der Waals surface area contributed by atoms with E-state index in [1.54, 1.807) is 0 Å². The Balaban J connectivity index is 1.47. The highest BCUT2D eigenvalue weighted by atomic mass is 15.0. The molecule has 0 saturated heterocycles. The zero-order valence-electron chi connectivity index (χ0n) is 23.0. The third-order valence-corrected chi connectivity index (χ3v) is 7.08. The fraction of sp³-hybridized carbons (Fsp3) is 0.108. The molecule has 0 saturated carbocycles. The van der Waals surface area contributed by atoms with E-state index >= 15 is 0 Å². The molecule has 0 unspecified atom stereocenters. The van der Waals surface area contributed by atoms with Crippen molar-refractivity contribution < 1.29 is 0 Å². The fourth-order valence-corrected chi connectivity index (χ4v) is 4.82. The SMILES string of the molecule is CC(C)(C)c1cccc(-c2cccc(-c3nc(-c4ccccc4)nc(-c4cccc(-c5ccccc5)c4)n3)c2)c1. The van der Waals surface area contributed by atoms with Gasteiger partial charge in [0.1, 0.15) is 0 Å². The van der Waals surface area contributed by atoms with Crippen molar-refractivity contribution in [3.05, 3.63) is 139 Å². The van der Waals surface area contributed by atoms with Crippen LogP contribution in [-0.2, 0) is 5.41 Å². The van der Waals surface area contributed by atoms with Crippen molar-refractivity contribution in [2.75, 3.05) is 0 Å². The van der Waals surface area contributed by atoms with Crippen LogP contribution in [-0.4, -0.2) is 15.0 Å². The Kier molecular flexibility index (Phi) is 6.79. The van der Waals surface area contributed by atoms with Crippen LogP contribution >= 0.6 is 0 Å². The van der Waals surface area contributed by atoms with Crippen LogP contribution in [0.15, 0.2) is 133 Å². The van der Waals surface area contributed by atoms with Gasteiger partial charge >= 0.3 is 0 Å². The summed E-state index contributed by atoms with van der Waals surface area (Å²) >= 11 is 0. The molecule has 40 heavy (non-hydrogen) atoms. The first-order chi connectivity index (χ1) is 19.4. The smallest absolute Gasteiger partial charge is 0.164 e. The van der Waals surface area contributed by atoms with Gasteiger partial charge in [-0.05, 0) is 45.4 Å². The third-order valence-electron chi connectivity index (χ3n) is 7.08. The lowest BCUT2D eigenvalue weighted by Crippen LogP contribution is -2.10. The van der Waals surface area contributed by atoms with Gasteiger partial charge in [0.05, 0.1) is 0 Å². The Morgan fingerprint density at radius 2 is 0.725 bits per heavy atom. The normalized spacial score (nSPS) is 11.4. The van der Waals surface area contributed by atoms with Crippen LogP contribution in [0.5, 0.6) is 0 Å². The molecule has 0 amide bonds. The Morgan fingerprint density at radius 1 is 0.350 bits per heavy atom. The van der Waals surface area contributed by atoms with Crippen molar-refractivity contribution in [3.8, 4) is 56.4 Å². The van der Waals surface area contributed by atoms with E-state index in [1.807, 2.05) is 36.4 Å². The van der Waals surface area contributed by atoms with Crippen LogP contribution in [0.2, 0.25) is 0 Å². The molecular formula is C37H31N3. The van der Waals surface area contributed by atoms with Gasteiger partial charge in [-0.15, -0.1) is 0 Å². The molecule has 0 aliphatic rings. The first-order valence-corrected chi connectivity index (χ1v) is 13.6. The molecule has 0 radical (unpaired) electrons. The van der Waals surface area contributed by atoms with Crippen molar-refractivity contribution in [1.82, 2.24) is 15.0 Å². The molecule has 3 nitrogen and oxygen atoms in total. The van der Waals surface area contributed by atoms with E-state index in [2.05, 4.69) is 118 Å². The Labute approximate surface area is 236 Å². The standard InChI is InChI=1S/C37H31N3/c1-37(2,3)33-22-12-19-30(25-33)29-18-11-21-32(24-29)36-39-34(27-15-8-5-9-16-27)38-35(40-36)31-20-10-17-28(23-31)26-13-6-4-7-14-26/h4-25H,1-3H3. The molecule has 5 aromatic carbocycles. The average Bonchev–Trinajstić information content (AvgIpc) is 3.01. The summed E-state index contributed by atoms with van der Waals surface area (Å²) in [4.78, 5) is 14.9. The van der Waals surface area contributed by atoms with Gasteiger partial charge in [-0.2, -0.15) is 0 Å². The molecule has 1 aromatic heterocycles. The lowest BCUT2D eigenvalue weighted by molar-refractivity contribution is 0.590. The van der Waals surface area contributed by atoms with Crippen LogP contribution in [0, 0.1) is 0 Å². The zero-order chi connectivity index (χ0) is 27.5. The van der Waals surface area contributed by atoms with E-state index in [1.165, 1.54) is 11.1 Å². The maximum Gasteiger partial charge on any atom is 0.164 e. The van der Waals surface area contributed by atoms with E-state index in [-0.39, 0.29) is 5.41 Å². The predicted molar refractivity (Wildman–Crippen MR) is 166 cm³/mol. The quantitative estimate of drug-likeness (QED) is 0.229. The van der Waals surface area contributed by atoms with Crippen LogP contribution in [0.1, 0.15) is 26.3 Å². The number of benzene rings is 5. The summed E-state index contributed by atoms with van der Waals surface area (Å²) in [6, 6.07) is 46.1. The molecule has 194 valence electrons. The highest BCUT2D eigenvalue weighted by molar-refractivity contribution is 5.74. The summed E-state index contributed by atoms with van der Waals surface area (Å²) in [5.74, 6) is 1.97. The lowest BCUT2D eigenvalue weighted by Gasteiger charge is -2.20. The van der Waals surface area contributed by atoms with Crippen LogP contribution < -0.4 is 0 Å². The maximum absolute atomic E-state index is 5.00. The third kappa shape index (κ3) is 5.45. The Bertz CT molecular complexity index is 1770. The number of aromatic nitrogens is 3. The highest BCUT2D eigenvalue weighted by Crippen LogP contribution is 2.31. The van der Waals surface area contributed by atoms with Crippen molar-refractivity contribution in [1.29, 1.82) is 0 Å². The van der Waals surface area contributed by atoms with E-state index in [9.17, 15) is 0 Å². The van der Waals surface area contributed by atoms with Gasteiger partial charge in [-0.1, -0.05) is 142 Å². The number of nitrogens with zero attached hydrogens (tertiary/aromatic N) is 3. The molecule has 1 heterocycles. The van der Waals surface area contributed by atoms with Gasteiger partial charge in [0.15, 0.2) is 17.5 Å². The molecule has 0 spiro atoms. The van der Waals surface area contributed by atoms with E-state index in [0.29, 0.717) is 17.5 Å². The van der Waals surface area contributed by atoms with Gasteiger partial charge in [-0.25, -0.2) is 15.0 Å². The summed E-state index contributed by atoms with van der Waals surface area (Å²) in [5, 5.41) is 0. The molecule has 0 aliphatic heterocycles. The number of rotatable bonds is 5. The summed E-state index contributed by atoms with van der Waals surface area (Å²) in [5.41, 5.74) is 8.86. The summed E-state index contributed by atoms with van der Waals surface area (Å²) < 4.78 is 0. The molecule has 6 rings (SSSR count). The Morgan fingerprint density at radius 3 is 1.25 bits per heavy atom. The average molecular weight is 518 g/mol. The Hall–Kier alpha value is -4.89. The monoisotopic (exact) mass is 517 g/mol. The fourth-order valence-electron chi connectivity index (χ4n) is 4.82. The first kappa shape index (κ1) is 25.4. The molecular weight excluding hydrogens is 486 g/mol. The molecule has 0 aliphatic carbocycles. The summed E-state index contributed by atoms with van der Waals surface area (Å²) in [7, 11) is 0. The largest absolute Gasteiger partial charge is 0.208 e. The summed E-state index contributed by atoms with van der Waals surface area (Å²) in [6.07, 6.45) is 0. The molecule has 0 N–H and O–H groups in total. The molecule has 3 heteroatoms. The minimum atomic E-state index is 0.0790. The predicted octanol–water partition coefficient (Wildman–Crippen LogP) is 9.50. The van der Waals surface area contributed by atoms with Gasteiger partial charge < -0.3 is 0 Å². The van der Waals surface area contributed by atoms with Crippen molar-refractivity contribution in [2.45, 2.75) is 26.2 Å². The second kappa shape index (κ2) is 10.7. The van der Waals surface area contributed by atoms with E-state index < -0.39 is 0 Å². The topological polar surface area (TPSA) is 38.7 Å². The molecule has 6 aromatic rings. The molecule has 0 bridgehead atoms. The van der Waals surface area contributed by atoms with Crippen molar-refractivity contribution in [2.24, 2.45) is 0 Å². The minimum absolute atomic E-state index is 0.0790. The lowest BCUT2D eigenvalue weighted by atomic mass is 9.85. The van der Waals surface area contributed by atoms with E-state index in [0.717, 1.165) is 33.4 Å². The highest BCUT2D eigenvalue weighted by Gasteiger charge is 2.16. The van der Waals surface area contributed by atoms with Gasteiger partial charge in [-0.3, -0.25) is 0 Å². The van der Waals surface area contributed by atoms with Crippen LogP contribution in [0.3, 0.4) is 0 Å². The van der Waals surface area contributed by atoms with Gasteiger partial charge in [0, 0.05) is 16.7 Å². The summed E-state index contributed by atoms with van der Waals surface area (Å²) in [6.45, 7) is 6.73. The van der Waals surface area contributed by atoms with Crippen LogP contribution in [0.4, 0.5) is 0 Å². The minimum Gasteiger partial charge on any atom is -0.208 e. The number of hydrogen-bond donors (Lipinski definition) is 0. The number of hydrogen-bond acceptors (Lipinski definition) is 3. The second-order valence-corrected chi connectivity index (χ2v) is 11.0. The van der Waals surface area contributed by atoms with E-state index in [4.69, 9.17) is 15.0 Å². The maximum atomic E-state index is 5.00. The molecule has 0 atom stereocenters. The van der Waals surface area contributed by atoms with Crippen molar-refractivity contribution in [3.63, 3.8) is 0 Å². The zero-order valence-corrected chi connectivity index (χ0v) is 23.0. The second-order valence-electron chi connectivity index (χ2n) is 11.0. The van der Waals surface area contributed by atoms with Gasteiger partial charge in [0.25, 0.3) is 0 Å². The van der Waals surface area contributed by atoms with Crippen molar-refractivity contribution >= 4 is 0 Å².